The third-order valence-electron chi connectivity index (χ3n) is 11.2. The van der Waals surface area contributed by atoms with Gasteiger partial charge in [-0.2, -0.15) is 0 Å². The van der Waals surface area contributed by atoms with Gasteiger partial charge in [-0.15, -0.1) is 0 Å². The number of carbonyl (C=O) groups is 1. The molecule has 0 amide bonds. The van der Waals surface area contributed by atoms with Gasteiger partial charge in [-0.05, 0) is 104 Å². The molecule has 6 nitrogen and oxygen atoms in total. The normalized spacial score (nSPS) is 46.8. The van der Waals surface area contributed by atoms with Crippen molar-refractivity contribution in [2.75, 3.05) is 20.3 Å². The van der Waals surface area contributed by atoms with E-state index in [1.807, 2.05) is 0 Å². The highest BCUT2D eigenvalue weighted by Gasteiger charge is 2.65. The predicted molar refractivity (Wildman–Crippen MR) is 130 cm³/mol. The molecule has 4 rings (SSSR count). The molecule has 8 unspecified atom stereocenters. The van der Waals surface area contributed by atoms with Crippen LogP contribution in [0.1, 0.15) is 85.0 Å². The second-order valence-corrected chi connectivity index (χ2v) is 12.5. The van der Waals surface area contributed by atoms with Crippen molar-refractivity contribution in [3.63, 3.8) is 0 Å². The van der Waals surface area contributed by atoms with E-state index in [9.17, 15) is 15.0 Å². The van der Waals surface area contributed by atoms with Gasteiger partial charge in [0.1, 0.15) is 0 Å². The van der Waals surface area contributed by atoms with Gasteiger partial charge in [-0.3, -0.25) is 4.79 Å². The lowest BCUT2D eigenvalue weighted by molar-refractivity contribution is -0.209. The molecule has 4 aliphatic rings. The summed E-state index contributed by atoms with van der Waals surface area (Å²) in [7, 11) is 1.44. The molecule has 4 fully saturated rings. The number of aliphatic hydroxyl groups excluding tert-OH is 3. The number of fused-ring (bicyclic) bond motifs is 5. The molecule has 6 heteroatoms. The molecule has 0 heterocycles. The molecule has 0 aromatic heterocycles. The quantitative estimate of drug-likeness (QED) is 0.456. The maximum Gasteiger partial charge on any atom is 0.305 e. The molecule has 196 valence electrons. The van der Waals surface area contributed by atoms with E-state index in [-0.39, 0.29) is 47.6 Å². The fourth-order valence-electron chi connectivity index (χ4n) is 9.36. The number of esters is 1. The molecule has 4 aliphatic carbocycles. The van der Waals surface area contributed by atoms with Crippen molar-refractivity contribution in [2.24, 2.45) is 46.3 Å². The van der Waals surface area contributed by atoms with Gasteiger partial charge in [0.25, 0.3) is 0 Å². The zero-order valence-corrected chi connectivity index (χ0v) is 21.7. The first-order chi connectivity index (χ1) is 16.2. The lowest BCUT2D eigenvalue weighted by Crippen LogP contribution is -2.62. The van der Waals surface area contributed by atoms with Crippen LogP contribution < -0.4 is 0 Å². The van der Waals surface area contributed by atoms with Crippen molar-refractivity contribution in [1.82, 2.24) is 0 Å². The maximum atomic E-state index is 11.7. The summed E-state index contributed by atoms with van der Waals surface area (Å²) in [5.74, 6) is 2.09. The summed E-state index contributed by atoms with van der Waals surface area (Å²) in [5.41, 5.74) is -0.0348. The maximum absolute atomic E-state index is 11.7. The van der Waals surface area contributed by atoms with E-state index in [1.54, 1.807) is 0 Å². The van der Waals surface area contributed by atoms with Crippen LogP contribution in [0, 0.1) is 46.3 Å². The molecule has 0 aromatic rings. The Morgan fingerprint density at radius 1 is 1.09 bits per heavy atom. The van der Waals surface area contributed by atoms with Gasteiger partial charge in [0, 0.05) is 6.42 Å². The van der Waals surface area contributed by atoms with Crippen molar-refractivity contribution in [2.45, 2.75) is 103 Å². The van der Waals surface area contributed by atoms with Crippen LogP contribution in [0.2, 0.25) is 0 Å². The largest absolute Gasteiger partial charge is 0.469 e. The minimum atomic E-state index is -0.347. The fourth-order valence-corrected chi connectivity index (χ4v) is 9.36. The number of carbonyl (C=O) groups excluding carboxylic acids is 1. The van der Waals surface area contributed by atoms with Crippen LogP contribution in [0.5, 0.6) is 0 Å². The summed E-state index contributed by atoms with van der Waals surface area (Å²) >= 11 is 0. The predicted octanol–water partition coefficient (Wildman–Crippen LogP) is 3.94. The van der Waals surface area contributed by atoms with Crippen LogP contribution in [0.3, 0.4) is 0 Å². The highest BCUT2D eigenvalue weighted by molar-refractivity contribution is 5.68. The average Bonchev–Trinajstić information content (AvgIpc) is 3.17. The van der Waals surface area contributed by atoms with Gasteiger partial charge in [0.05, 0.1) is 38.6 Å². The van der Waals surface area contributed by atoms with Crippen molar-refractivity contribution < 1.29 is 29.6 Å². The summed E-state index contributed by atoms with van der Waals surface area (Å²) in [4.78, 5) is 11.6. The summed E-state index contributed by atoms with van der Waals surface area (Å²) in [6.45, 7) is 7.45. The van der Waals surface area contributed by atoms with E-state index < -0.39 is 0 Å². The van der Waals surface area contributed by atoms with E-state index in [1.165, 1.54) is 7.11 Å². The van der Waals surface area contributed by atoms with Gasteiger partial charge >= 0.3 is 5.97 Å². The molecule has 34 heavy (non-hydrogen) atoms. The Bertz CT molecular complexity index is 713. The molecule has 11 atom stereocenters. The van der Waals surface area contributed by atoms with Gasteiger partial charge in [0.2, 0.25) is 0 Å². The lowest BCUT2D eigenvalue weighted by Gasteiger charge is -2.63. The van der Waals surface area contributed by atoms with Gasteiger partial charge in [-0.25, -0.2) is 0 Å². The Balaban J connectivity index is 1.49. The minimum Gasteiger partial charge on any atom is -0.469 e. The van der Waals surface area contributed by atoms with E-state index in [4.69, 9.17) is 14.6 Å². The molecular formula is C28H48O6. The third-order valence-corrected chi connectivity index (χ3v) is 11.2. The lowest BCUT2D eigenvalue weighted by atomic mass is 9.43. The Kier molecular flexibility index (Phi) is 8.03. The first kappa shape index (κ1) is 26.4. The number of aliphatic hydroxyl groups is 3. The van der Waals surface area contributed by atoms with Crippen LogP contribution in [-0.2, 0) is 14.3 Å². The first-order valence-electron chi connectivity index (χ1n) is 13.8. The highest BCUT2D eigenvalue weighted by atomic mass is 16.5. The number of rotatable bonds is 8. The molecule has 0 bridgehead atoms. The van der Waals surface area contributed by atoms with Crippen molar-refractivity contribution >= 4 is 5.97 Å². The Hall–Kier alpha value is -0.690. The Morgan fingerprint density at radius 2 is 1.85 bits per heavy atom. The molecule has 0 spiro atoms. The minimum absolute atomic E-state index is 0.0560. The Morgan fingerprint density at radius 3 is 2.56 bits per heavy atom. The van der Waals surface area contributed by atoms with E-state index >= 15 is 0 Å². The molecule has 0 saturated heterocycles. The molecule has 0 aromatic carbocycles. The molecule has 0 radical (unpaired) electrons. The molecular weight excluding hydrogens is 432 g/mol. The number of ether oxygens (including phenoxy) is 2. The van der Waals surface area contributed by atoms with Crippen LogP contribution >= 0.6 is 0 Å². The van der Waals surface area contributed by atoms with E-state index in [0.29, 0.717) is 42.6 Å². The zero-order chi connectivity index (χ0) is 24.7. The fraction of sp³-hybridized carbons (Fsp3) is 0.964. The van der Waals surface area contributed by atoms with Gasteiger partial charge in [-0.1, -0.05) is 20.8 Å². The van der Waals surface area contributed by atoms with Crippen LogP contribution in [0.4, 0.5) is 0 Å². The smallest absolute Gasteiger partial charge is 0.305 e. The first-order valence-corrected chi connectivity index (χ1v) is 13.8. The zero-order valence-electron chi connectivity index (χ0n) is 21.7. The van der Waals surface area contributed by atoms with Crippen LogP contribution in [-0.4, -0.2) is 59.9 Å². The average molecular weight is 481 g/mol. The van der Waals surface area contributed by atoms with Crippen molar-refractivity contribution in [3.8, 4) is 0 Å². The molecule has 4 saturated carbocycles. The number of hydrogen-bond donors (Lipinski definition) is 3. The Labute approximate surface area is 205 Å². The van der Waals surface area contributed by atoms with Gasteiger partial charge in [0.15, 0.2) is 0 Å². The SMILES string of the molecule is COC(=O)CCCC(C)[C@H]1CCC2C3C(C[C@H](O)C21C)C1(C)CCC(OCCO)CC1C[C@H]3O. The van der Waals surface area contributed by atoms with Crippen molar-refractivity contribution in [1.29, 1.82) is 0 Å². The second-order valence-electron chi connectivity index (χ2n) is 12.5. The van der Waals surface area contributed by atoms with E-state index in [0.717, 1.165) is 57.8 Å². The van der Waals surface area contributed by atoms with Gasteiger partial charge < -0.3 is 24.8 Å². The number of methoxy groups -OCH3 is 1. The summed E-state index contributed by atoms with van der Waals surface area (Å²) in [5, 5.41) is 32.4. The van der Waals surface area contributed by atoms with Crippen LogP contribution in [0.15, 0.2) is 0 Å². The van der Waals surface area contributed by atoms with E-state index in [2.05, 4.69) is 20.8 Å². The highest BCUT2D eigenvalue weighted by Crippen LogP contribution is 2.68. The molecule has 0 aliphatic heterocycles. The second kappa shape index (κ2) is 10.4. The topological polar surface area (TPSA) is 96.2 Å². The van der Waals surface area contributed by atoms with Crippen molar-refractivity contribution in [3.05, 3.63) is 0 Å². The summed E-state index contributed by atoms with van der Waals surface area (Å²) in [6, 6.07) is 0. The number of hydrogen-bond acceptors (Lipinski definition) is 6. The third kappa shape index (κ3) is 4.46. The monoisotopic (exact) mass is 480 g/mol. The van der Waals surface area contributed by atoms with Crippen LogP contribution in [0.25, 0.3) is 0 Å². The molecule has 3 N–H and O–H groups in total. The summed E-state index contributed by atoms with van der Waals surface area (Å²) < 4.78 is 10.7. The standard InChI is InChI=1S/C28H48O6/c1-17(6-5-7-25(32)33-4)20-8-9-21-26-22(16-24(31)28(20,21)3)27(2)11-10-19(34-13-12-29)14-18(27)15-23(26)30/h17-24,26,29-31H,5-16H2,1-4H3/t17?,18?,19?,20-,21?,22?,23-,24+,26?,27?,28?/m1/s1. The summed E-state index contributed by atoms with van der Waals surface area (Å²) in [6.07, 6.45) is 8.61.